The van der Waals surface area contributed by atoms with Gasteiger partial charge in [-0.2, -0.15) is 0 Å². The van der Waals surface area contributed by atoms with Gasteiger partial charge in [-0.05, 0) is 32.0 Å². The first-order chi connectivity index (χ1) is 8.84. The van der Waals surface area contributed by atoms with Gasteiger partial charge in [-0.3, -0.25) is 9.59 Å². The first-order valence-electron chi connectivity index (χ1n) is 5.93. The average molecular weight is 327 g/mol. The van der Waals surface area contributed by atoms with Crippen LogP contribution in [0.2, 0.25) is 0 Å². The topological polar surface area (TPSA) is 69.6 Å². The van der Waals surface area contributed by atoms with Crippen LogP contribution in [0.3, 0.4) is 0 Å². The maximum absolute atomic E-state index is 12.5. The molecule has 1 fully saturated rings. The molecule has 0 unspecified atom stereocenters. The summed E-state index contributed by atoms with van der Waals surface area (Å²) in [4.78, 5) is 25.8. The second-order valence-corrected chi connectivity index (χ2v) is 5.85. The van der Waals surface area contributed by atoms with Gasteiger partial charge >= 0.3 is 0 Å². The molecule has 2 rings (SSSR count). The van der Waals surface area contributed by atoms with E-state index in [1.165, 1.54) is 11.0 Å². The normalized spacial score (nSPS) is 18.1. The summed E-state index contributed by atoms with van der Waals surface area (Å²) < 4.78 is 0.702. The van der Waals surface area contributed by atoms with Gasteiger partial charge < -0.3 is 15.3 Å². The Labute approximate surface area is 119 Å². The molecule has 0 radical (unpaired) electrons. The summed E-state index contributed by atoms with van der Waals surface area (Å²) in [7, 11) is 0. The van der Waals surface area contributed by atoms with Crippen molar-refractivity contribution in [2.75, 3.05) is 13.1 Å². The molecule has 1 aliphatic heterocycles. The van der Waals surface area contributed by atoms with E-state index in [0.717, 1.165) is 0 Å². The smallest absolute Gasteiger partial charge is 0.258 e. The number of carbonyl (C=O) groups excluding carboxylic acids is 2. The molecule has 1 aromatic carbocycles. The molecule has 0 aliphatic carbocycles. The number of nitrogens with one attached hydrogen (secondary N) is 1. The van der Waals surface area contributed by atoms with E-state index in [9.17, 15) is 14.7 Å². The fraction of sp³-hybridized carbons (Fsp3) is 0.385. The molecule has 19 heavy (non-hydrogen) atoms. The van der Waals surface area contributed by atoms with Crippen molar-refractivity contribution >= 4 is 27.7 Å². The van der Waals surface area contributed by atoms with Gasteiger partial charge in [0.1, 0.15) is 11.3 Å². The van der Waals surface area contributed by atoms with E-state index in [2.05, 4.69) is 21.2 Å². The van der Waals surface area contributed by atoms with Crippen LogP contribution in [0, 0.1) is 0 Å². The van der Waals surface area contributed by atoms with Crippen LogP contribution in [-0.4, -0.2) is 40.4 Å². The van der Waals surface area contributed by atoms with Gasteiger partial charge in [-0.15, -0.1) is 0 Å². The maximum Gasteiger partial charge on any atom is 0.258 e. The SMILES string of the molecule is CC1(C)C(=O)NCCN1C(=O)c1cc(Br)ccc1O. The summed E-state index contributed by atoms with van der Waals surface area (Å²) in [6.07, 6.45) is 0. The minimum absolute atomic E-state index is 0.0880. The van der Waals surface area contributed by atoms with Crippen LogP contribution in [0.15, 0.2) is 22.7 Å². The number of phenolic OH excluding ortho intramolecular Hbond substituents is 1. The second kappa shape index (κ2) is 4.85. The molecule has 1 aliphatic rings. The molecule has 6 heteroatoms. The molecule has 0 atom stereocenters. The number of aromatic hydroxyl groups is 1. The third kappa shape index (κ3) is 2.45. The van der Waals surface area contributed by atoms with Crippen molar-refractivity contribution in [2.24, 2.45) is 0 Å². The van der Waals surface area contributed by atoms with Crippen LogP contribution >= 0.6 is 15.9 Å². The fourth-order valence-electron chi connectivity index (χ4n) is 2.08. The predicted molar refractivity (Wildman–Crippen MR) is 73.9 cm³/mol. The van der Waals surface area contributed by atoms with Crippen molar-refractivity contribution < 1.29 is 14.7 Å². The van der Waals surface area contributed by atoms with E-state index in [1.54, 1.807) is 26.0 Å². The zero-order valence-corrected chi connectivity index (χ0v) is 12.3. The Balaban J connectivity index is 2.38. The van der Waals surface area contributed by atoms with E-state index in [4.69, 9.17) is 0 Å². The first-order valence-corrected chi connectivity index (χ1v) is 6.72. The summed E-state index contributed by atoms with van der Waals surface area (Å²) >= 11 is 3.27. The van der Waals surface area contributed by atoms with E-state index < -0.39 is 5.54 Å². The highest BCUT2D eigenvalue weighted by atomic mass is 79.9. The molecule has 1 heterocycles. The van der Waals surface area contributed by atoms with Gasteiger partial charge in [-0.25, -0.2) is 0 Å². The summed E-state index contributed by atoms with van der Waals surface area (Å²) in [5, 5.41) is 12.5. The number of amides is 2. The highest BCUT2D eigenvalue weighted by Gasteiger charge is 2.41. The molecule has 0 saturated carbocycles. The minimum Gasteiger partial charge on any atom is -0.507 e. The Morgan fingerprint density at radius 2 is 2.16 bits per heavy atom. The molecule has 5 nitrogen and oxygen atoms in total. The largest absolute Gasteiger partial charge is 0.507 e. The number of nitrogens with zero attached hydrogens (tertiary/aromatic N) is 1. The lowest BCUT2D eigenvalue weighted by Gasteiger charge is -2.41. The Bertz CT molecular complexity index is 543. The number of halogens is 1. The van der Waals surface area contributed by atoms with Crippen LogP contribution in [-0.2, 0) is 4.79 Å². The van der Waals surface area contributed by atoms with Crippen molar-refractivity contribution in [3.8, 4) is 5.75 Å². The van der Waals surface area contributed by atoms with Gasteiger partial charge in [0.2, 0.25) is 5.91 Å². The summed E-state index contributed by atoms with van der Waals surface area (Å²) in [6.45, 7) is 4.22. The van der Waals surface area contributed by atoms with Gasteiger partial charge in [0.05, 0.1) is 5.56 Å². The molecule has 2 N–H and O–H groups in total. The Morgan fingerprint density at radius 1 is 1.47 bits per heavy atom. The standard InChI is InChI=1S/C13H15BrN2O3/c1-13(2)12(19)15-5-6-16(13)11(18)9-7-8(14)3-4-10(9)17/h3-4,7,17H,5-6H2,1-2H3,(H,15,19). The van der Waals surface area contributed by atoms with Crippen molar-refractivity contribution in [3.63, 3.8) is 0 Å². The van der Waals surface area contributed by atoms with Crippen LogP contribution in [0.25, 0.3) is 0 Å². The second-order valence-electron chi connectivity index (χ2n) is 4.93. The number of benzene rings is 1. The third-order valence-corrected chi connectivity index (χ3v) is 3.78. The summed E-state index contributed by atoms with van der Waals surface area (Å²) in [5.41, 5.74) is -0.735. The average Bonchev–Trinajstić information content (AvgIpc) is 2.35. The van der Waals surface area contributed by atoms with E-state index in [0.29, 0.717) is 17.6 Å². The van der Waals surface area contributed by atoms with Crippen molar-refractivity contribution in [1.29, 1.82) is 0 Å². The Kier molecular flexibility index (Phi) is 3.54. The number of rotatable bonds is 1. The molecular formula is C13H15BrN2O3. The lowest BCUT2D eigenvalue weighted by atomic mass is 9.97. The van der Waals surface area contributed by atoms with Gasteiger partial charge in [0.15, 0.2) is 0 Å². The van der Waals surface area contributed by atoms with Crippen molar-refractivity contribution in [3.05, 3.63) is 28.2 Å². The number of phenols is 1. The van der Waals surface area contributed by atoms with Gasteiger partial charge in [0.25, 0.3) is 5.91 Å². The fourth-order valence-corrected chi connectivity index (χ4v) is 2.44. The molecule has 102 valence electrons. The van der Waals surface area contributed by atoms with Crippen LogP contribution in [0.4, 0.5) is 0 Å². The molecule has 0 aromatic heterocycles. The van der Waals surface area contributed by atoms with Crippen molar-refractivity contribution in [2.45, 2.75) is 19.4 Å². The highest BCUT2D eigenvalue weighted by molar-refractivity contribution is 9.10. The zero-order valence-electron chi connectivity index (χ0n) is 10.7. The van der Waals surface area contributed by atoms with E-state index in [-0.39, 0.29) is 23.1 Å². The Morgan fingerprint density at radius 3 is 2.84 bits per heavy atom. The predicted octanol–water partition coefficient (Wildman–Crippen LogP) is 1.51. The van der Waals surface area contributed by atoms with Crippen LogP contribution in [0.5, 0.6) is 5.75 Å². The van der Waals surface area contributed by atoms with E-state index >= 15 is 0 Å². The number of piperazine rings is 1. The molecule has 0 spiro atoms. The molecular weight excluding hydrogens is 312 g/mol. The van der Waals surface area contributed by atoms with Crippen molar-refractivity contribution in [1.82, 2.24) is 10.2 Å². The molecule has 2 amide bonds. The lowest BCUT2D eigenvalue weighted by molar-refractivity contribution is -0.133. The summed E-state index contributed by atoms with van der Waals surface area (Å²) in [6, 6.07) is 4.66. The van der Waals surface area contributed by atoms with Gasteiger partial charge in [-0.1, -0.05) is 15.9 Å². The maximum atomic E-state index is 12.5. The van der Waals surface area contributed by atoms with Crippen LogP contribution in [0.1, 0.15) is 24.2 Å². The van der Waals surface area contributed by atoms with E-state index in [1.807, 2.05) is 0 Å². The molecule has 1 saturated heterocycles. The first kappa shape index (κ1) is 13.9. The number of carbonyl (C=O) groups is 2. The zero-order chi connectivity index (χ0) is 14.2. The quantitative estimate of drug-likeness (QED) is 0.821. The monoisotopic (exact) mass is 326 g/mol. The van der Waals surface area contributed by atoms with Gasteiger partial charge in [0, 0.05) is 17.6 Å². The number of hydrogen-bond donors (Lipinski definition) is 2. The molecule has 0 bridgehead atoms. The minimum atomic E-state index is -0.926. The third-order valence-electron chi connectivity index (χ3n) is 3.29. The highest BCUT2D eigenvalue weighted by Crippen LogP contribution is 2.27. The van der Waals surface area contributed by atoms with Crippen LogP contribution < -0.4 is 5.32 Å². The number of hydrogen-bond acceptors (Lipinski definition) is 3. The lowest BCUT2D eigenvalue weighted by Crippen LogP contribution is -2.63. The summed E-state index contributed by atoms with van der Waals surface area (Å²) in [5.74, 6) is -0.629. The Hall–Kier alpha value is -1.56. The molecule has 1 aromatic rings.